The number of piperazine rings is 2. The van der Waals surface area contributed by atoms with Crippen LogP contribution in [0.15, 0.2) is 59.9 Å². The van der Waals surface area contributed by atoms with E-state index in [1.54, 1.807) is 25.9 Å². The van der Waals surface area contributed by atoms with Gasteiger partial charge in [0.25, 0.3) is 0 Å². The molecule has 15 heteroatoms. The maximum atomic E-state index is 13.5. The van der Waals surface area contributed by atoms with Crippen LogP contribution in [0.4, 0.5) is 21.7 Å². The highest BCUT2D eigenvalue weighted by atomic mass is 32.2. The molecule has 43 heavy (non-hydrogen) atoms. The first kappa shape index (κ1) is 27.7. The fourth-order valence-corrected chi connectivity index (χ4v) is 8.16. The van der Waals surface area contributed by atoms with Crippen molar-refractivity contribution >= 4 is 38.9 Å². The molecule has 1 amide bonds. The lowest BCUT2D eigenvalue weighted by molar-refractivity contribution is -0.133. The molecular formula is C28H33FN10O3S. The summed E-state index contributed by atoms with van der Waals surface area (Å²) in [6.45, 7) is 4.36. The number of fused-ring (bicyclic) bond motifs is 3. The van der Waals surface area contributed by atoms with Crippen LogP contribution in [0.5, 0.6) is 0 Å². The summed E-state index contributed by atoms with van der Waals surface area (Å²) >= 11 is 0. The van der Waals surface area contributed by atoms with Crippen LogP contribution in [0.1, 0.15) is 12.8 Å². The van der Waals surface area contributed by atoms with Gasteiger partial charge >= 0.3 is 0 Å². The van der Waals surface area contributed by atoms with Crippen molar-refractivity contribution in [2.24, 2.45) is 0 Å². The lowest BCUT2D eigenvalue weighted by Crippen LogP contribution is -2.55. The quantitative estimate of drug-likeness (QED) is 0.333. The third-order valence-corrected chi connectivity index (χ3v) is 10.5. The second-order valence-corrected chi connectivity index (χ2v) is 13.3. The van der Waals surface area contributed by atoms with Crippen molar-refractivity contribution in [2.75, 3.05) is 56.5 Å². The maximum Gasteiger partial charge on any atom is 0.247 e. The second kappa shape index (κ2) is 10.9. The second-order valence-electron chi connectivity index (χ2n) is 11.4. The van der Waals surface area contributed by atoms with E-state index in [9.17, 15) is 17.6 Å². The first-order chi connectivity index (χ1) is 20.7. The molecular weight excluding hydrogens is 575 g/mol. The zero-order valence-corrected chi connectivity index (χ0v) is 24.6. The maximum absolute atomic E-state index is 13.5. The fraction of sp³-hybridized carbons (Fsp3) is 0.429. The summed E-state index contributed by atoms with van der Waals surface area (Å²) in [7, 11) is -1.69. The largest absolute Gasteiger partial charge is 0.365 e. The number of rotatable bonds is 7. The molecule has 6 heterocycles. The first-order valence-corrected chi connectivity index (χ1v) is 15.8. The molecule has 3 aliphatic heterocycles. The normalized spacial score (nSPS) is 21.5. The number of likely N-dealkylation sites (N-methyl/N-ethyl adjacent to an activating group) is 1. The summed E-state index contributed by atoms with van der Waals surface area (Å²) in [6.07, 6.45) is 6.73. The number of anilines is 3. The van der Waals surface area contributed by atoms with Crippen molar-refractivity contribution in [1.82, 2.24) is 38.5 Å². The highest BCUT2D eigenvalue weighted by Gasteiger charge is 2.47. The number of sulfonamides is 1. The van der Waals surface area contributed by atoms with Gasteiger partial charge in [0.15, 0.2) is 5.65 Å². The van der Waals surface area contributed by atoms with Gasteiger partial charge in [0.2, 0.25) is 21.9 Å². The molecule has 3 fully saturated rings. The van der Waals surface area contributed by atoms with E-state index in [0.29, 0.717) is 30.4 Å². The van der Waals surface area contributed by atoms with Crippen molar-refractivity contribution in [3.05, 3.63) is 60.8 Å². The van der Waals surface area contributed by atoms with Crippen LogP contribution in [0.3, 0.4) is 0 Å². The molecule has 7 rings (SSSR count). The summed E-state index contributed by atoms with van der Waals surface area (Å²) in [5, 5.41) is 12.1. The SMILES string of the molecule is CN1CCN(C(=O)Cn2cc(Nc3nc4c(N5CC6CCC(C5)N6S(=O)(=O)c5ccc(F)cc5)cccn4n3)cn2)CC1. The Morgan fingerprint density at radius 1 is 1.05 bits per heavy atom. The van der Waals surface area contributed by atoms with Gasteiger partial charge in [-0.2, -0.15) is 14.4 Å². The topological polar surface area (TPSA) is 124 Å². The van der Waals surface area contributed by atoms with E-state index in [0.717, 1.165) is 44.7 Å². The third-order valence-electron chi connectivity index (χ3n) is 8.53. The van der Waals surface area contributed by atoms with E-state index in [-0.39, 0.29) is 29.4 Å². The molecule has 0 saturated carbocycles. The minimum atomic E-state index is -3.74. The molecule has 2 atom stereocenters. The summed E-state index contributed by atoms with van der Waals surface area (Å²) in [6, 6.07) is 8.49. The predicted molar refractivity (Wildman–Crippen MR) is 157 cm³/mol. The fourth-order valence-electron chi connectivity index (χ4n) is 6.31. The average Bonchev–Trinajstić information content (AvgIpc) is 3.69. The van der Waals surface area contributed by atoms with Crippen molar-refractivity contribution < 1.29 is 17.6 Å². The summed E-state index contributed by atoms with van der Waals surface area (Å²) in [5.74, 6) is -0.0391. The zero-order valence-electron chi connectivity index (χ0n) is 23.8. The van der Waals surface area contributed by atoms with E-state index in [2.05, 4.69) is 32.4 Å². The highest BCUT2D eigenvalue weighted by molar-refractivity contribution is 7.89. The number of carbonyl (C=O) groups excluding carboxylic acids is 1. The van der Waals surface area contributed by atoms with Crippen LogP contribution in [-0.4, -0.2) is 111 Å². The number of hydrogen-bond acceptors (Lipinski definition) is 9. The van der Waals surface area contributed by atoms with Gasteiger partial charge in [0.1, 0.15) is 12.4 Å². The van der Waals surface area contributed by atoms with Crippen molar-refractivity contribution in [3.8, 4) is 0 Å². The highest BCUT2D eigenvalue weighted by Crippen LogP contribution is 2.38. The van der Waals surface area contributed by atoms with Crippen LogP contribution in [0, 0.1) is 5.82 Å². The Morgan fingerprint density at radius 3 is 2.49 bits per heavy atom. The number of amides is 1. The summed E-state index contributed by atoms with van der Waals surface area (Å²) < 4.78 is 45.3. The number of carbonyl (C=O) groups is 1. The van der Waals surface area contributed by atoms with Gasteiger partial charge in [0, 0.05) is 63.7 Å². The number of hydrogen-bond donors (Lipinski definition) is 1. The minimum Gasteiger partial charge on any atom is -0.365 e. The van der Waals surface area contributed by atoms with Crippen LogP contribution < -0.4 is 10.2 Å². The van der Waals surface area contributed by atoms with Gasteiger partial charge < -0.3 is 20.0 Å². The molecule has 4 aromatic rings. The van der Waals surface area contributed by atoms with Crippen LogP contribution >= 0.6 is 0 Å². The molecule has 0 spiro atoms. The number of benzene rings is 1. The first-order valence-electron chi connectivity index (χ1n) is 14.4. The van der Waals surface area contributed by atoms with Crippen LogP contribution in [0.25, 0.3) is 5.65 Å². The lowest BCUT2D eigenvalue weighted by atomic mass is 10.2. The Labute approximate surface area is 248 Å². The number of nitrogens with one attached hydrogen (secondary N) is 1. The molecule has 226 valence electrons. The summed E-state index contributed by atoms with van der Waals surface area (Å²) in [4.78, 5) is 23.8. The van der Waals surface area contributed by atoms with Crippen LogP contribution in [0.2, 0.25) is 0 Å². The molecule has 1 aromatic carbocycles. The average molecular weight is 609 g/mol. The number of aromatic nitrogens is 5. The molecule has 0 radical (unpaired) electrons. The number of nitrogens with zero attached hydrogens (tertiary/aromatic N) is 9. The van der Waals surface area contributed by atoms with E-state index < -0.39 is 15.8 Å². The van der Waals surface area contributed by atoms with Gasteiger partial charge in [-0.1, -0.05) is 0 Å². The molecule has 3 aromatic heterocycles. The van der Waals surface area contributed by atoms with Gasteiger partial charge in [-0.05, 0) is 56.3 Å². The standard InChI is InChI=1S/C28H33FN10O3S/c1-34-11-13-35(14-12-34)26(40)19-37-16-21(15-30-37)31-28-32-27-25(3-2-10-38(27)33-28)36-17-22-6-7-23(18-36)39(22)43(41,42)24-8-4-20(29)5-9-24/h2-5,8-10,15-16,22-23H,6-7,11-14,17-19H2,1H3,(H,31,33). The molecule has 0 aliphatic carbocycles. The monoisotopic (exact) mass is 608 g/mol. The third kappa shape index (κ3) is 5.32. The molecule has 3 aliphatic rings. The van der Waals surface area contributed by atoms with Gasteiger partial charge in [-0.3, -0.25) is 9.48 Å². The Bertz CT molecular complexity index is 1740. The lowest BCUT2D eigenvalue weighted by Gasteiger charge is -2.41. The Morgan fingerprint density at radius 2 is 1.77 bits per heavy atom. The van der Waals surface area contributed by atoms with Crippen molar-refractivity contribution in [2.45, 2.75) is 36.4 Å². The Kier molecular flexibility index (Phi) is 7.02. The number of pyridine rings is 1. The minimum absolute atomic E-state index is 0.0396. The summed E-state index contributed by atoms with van der Waals surface area (Å²) in [5.41, 5.74) is 2.19. The Balaban J connectivity index is 1.05. The van der Waals surface area contributed by atoms with E-state index >= 15 is 0 Å². The van der Waals surface area contributed by atoms with Crippen LogP contribution in [-0.2, 0) is 21.4 Å². The molecule has 13 nitrogen and oxygen atoms in total. The van der Waals surface area contributed by atoms with E-state index in [1.165, 1.54) is 24.3 Å². The molecule has 2 unspecified atom stereocenters. The predicted octanol–water partition coefficient (Wildman–Crippen LogP) is 1.62. The van der Waals surface area contributed by atoms with Crippen molar-refractivity contribution in [1.29, 1.82) is 0 Å². The van der Waals surface area contributed by atoms with E-state index in [1.807, 2.05) is 23.2 Å². The van der Waals surface area contributed by atoms with Gasteiger partial charge in [-0.25, -0.2) is 17.3 Å². The molecule has 3 saturated heterocycles. The smallest absolute Gasteiger partial charge is 0.247 e. The van der Waals surface area contributed by atoms with Gasteiger partial charge in [-0.15, -0.1) is 5.10 Å². The van der Waals surface area contributed by atoms with Gasteiger partial charge in [0.05, 0.1) is 22.5 Å². The van der Waals surface area contributed by atoms with E-state index in [4.69, 9.17) is 4.98 Å². The number of halogens is 1. The Hall–Kier alpha value is -4.08. The zero-order chi connectivity index (χ0) is 29.7. The van der Waals surface area contributed by atoms with Crippen molar-refractivity contribution in [3.63, 3.8) is 0 Å². The molecule has 2 bridgehead atoms. The molecule has 1 N–H and O–H groups in total.